The number of nitrogens with zero attached hydrogens (tertiary/aromatic N) is 3. The Morgan fingerprint density at radius 1 is 1.50 bits per heavy atom. The second kappa shape index (κ2) is 5.74. The standard InChI is InChI=1S/C14H26N4/c1-5-7-15-13-6-8-18(12(3)9-13)14-10-11(2)17(4)16-14/h10,12-13,15H,5-9H2,1-4H3. The number of piperidine rings is 1. The van der Waals surface area contributed by atoms with Crippen molar-refractivity contribution in [1.82, 2.24) is 15.1 Å². The van der Waals surface area contributed by atoms with Crippen LogP contribution in [0.2, 0.25) is 0 Å². The van der Waals surface area contributed by atoms with Crippen LogP contribution in [0.3, 0.4) is 0 Å². The van der Waals surface area contributed by atoms with Gasteiger partial charge in [-0.2, -0.15) is 5.10 Å². The van der Waals surface area contributed by atoms with Gasteiger partial charge in [-0.05, 0) is 39.7 Å². The van der Waals surface area contributed by atoms with Crippen LogP contribution in [0.5, 0.6) is 0 Å². The first kappa shape index (κ1) is 13.4. The number of aromatic nitrogens is 2. The van der Waals surface area contributed by atoms with E-state index in [4.69, 9.17) is 0 Å². The molecule has 1 aliphatic rings. The average Bonchev–Trinajstić information content (AvgIpc) is 2.67. The largest absolute Gasteiger partial charge is 0.352 e. The Balaban J connectivity index is 1.96. The quantitative estimate of drug-likeness (QED) is 0.888. The van der Waals surface area contributed by atoms with E-state index in [2.05, 4.69) is 42.2 Å². The first-order valence-electron chi connectivity index (χ1n) is 7.12. The summed E-state index contributed by atoms with van der Waals surface area (Å²) in [4.78, 5) is 2.44. The fourth-order valence-corrected chi connectivity index (χ4v) is 2.73. The summed E-state index contributed by atoms with van der Waals surface area (Å²) in [6, 6.07) is 3.44. The predicted octanol–water partition coefficient (Wildman–Crippen LogP) is 2.09. The fourth-order valence-electron chi connectivity index (χ4n) is 2.73. The highest BCUT2D eigenvalue weighted by Gasteiger charge is 2.26. The second-order valence-electron chi connectivity index (χ2n) is 5.49. The van der Waals surface area contributed by atoms with Crippen LogP contribution in [-0.2, 0) is 7.05 Å². The van der Waals surface area contributed by atoms with Crippen molar-refractivity contribution in [3.05, 3.63) is 11.8 Å². The molecule has 4 heteroatoms. The summed E-state index contributed by atoms with van der Waals surface area (Å²) in [5.41, 5.74) is 1.23. The Labute approximate surface area is 110 Å². The summed E-state index contributed by atoms with van der Waals surface area (Å²) in [5, 5.41) is 8.23. The minimum atomic E-state index is 0.572. The van der Waals surface area contributed by atoms with Crippen LogP contribution >= 0.6 is 0 Å². The molecule has 1 aromatic rings. The van der Waals surface area contributed by atoms with Crippen LogP contribution in [0.25, 0.3) is 0 Å². The van der Waals surface area contributed by atoms with Crippen molar-refractivity contribution in [2.75, 3.05) is 18.0 Å². The lowest BCUT2D eigenvalue weighted by Gasteiger charge is -2.38. The van der Waals surface area contributed by atoms with E-state index in [9.17, 15) is 0 Å². The lowest BCUT2D eigenvalue weighted by atomic mass is 9.98. The number of hydrogen-bond acceptors (Lipinski definition) is 3. The van der Waals surface area contributed by atoms with Gasteiger partial charge in [0.2, 0.25) is 0 Å². The number of nitrogens with one attached hydrogen (secondary N) is 1. The van der Waals surface area contributed by atoms with Gasteiger partial charge in [0.1, 0.15) is 0 Å². The summed E-state index contributed by atoms with van der Waals surface area (Å²) in [6.45, 7) is 8.89. The van der Waals surface area contributed by atoms with Gasteiger partial charge in [-0.25, -0.2) is 0 Å². The molecule has 0 amide bonds. The Hall–Kier alpha value is -1.03. The molecule has 2 heterocycles. The maximum atomic E-state index is 4.59. The zero-order valence-corrected chi connectivity index (χ0v) is 12.1. The first-order valence-corrected chi connectivity index (χ1v) is 7.12. The van der Waals surface area contributed by atoms with E-state index in [1.165, 1.54) is 25.0 Å². The third-order valence-electron chi connectivity index (χ3n) is 3.95. The molecular weight excluding hydrogens is 224 g/mol. The Morgan fingerprint density at radius 2 is 2.28 bits per heavy atom. The summed E-state index contributed by atoms with van der Waals surface area (Å²) in [6.07, 6.45) is 3.66. The molecule has 1 N–H and O–H groups in total. The van der Waals surface area contributed by atoms with E-state index < -0.39 is 0 Å². The lowest BCUT2D eigenvalue weighted by Crippen LogP contribution is -2.47. The van der Waals surface area contributed by atoms with Gasteiger partial charge in [-0.15, -0.1) is 0 Å². The summed E-state index contributed by atoms with van der Waals surface area (Å²) in [5.74, 6) is 1.14. The lowest BCUT2D eigenvalue weighted by molar-refractivity contribution is 0.367. The van der Waals surface area contributed by atoms with Crippen molar-refractivity contribution in [2.24, 2.45) is 7.05 Å². The Kier molecular flexibility index (Phi) is 4.27. The monoisotopic (exact) mass is 250 g/mol. The smallest absolute Gasteiger partial charge is 0.151 e. The first-order chi connectivity index (χ1) is 8.61. The minimum Gasteiger partial charge on any atom is -0.352 e. The molecule has 1 fully saturated rings. The Bertz CT molecular complexity index is 366. The molecule has 4 nitrogen and oxygen atoms in total. The van der Waals surface area contributed by atoms with E-state index in [0.717, 1.165) is 18.9 Å². The third-order valence-corrected chi connectivity index (χ3v) is 3.95. The van der Waals surface area contributed by atoms with E-state index in [0.29, 0.717) is 12.1 Å². The van der Waals surface area contributed by atoms with E-state index >= 15 is 0 Å². The van der Waals surface area contributed by atoms with Gasteiger partial charge in [0, 0.05) is 37.4 Å². The van der Waals surface area contributed by atoms with Gasteiger partial charge < -0.3 is 10.2 Å². The maximum absolute atomic E-state index is 4.59. The van der Waals surface area contributed by atoms with Crippen molar-refractivity contribution in [2.45, 2.75) is 52.1 Å². The SMILES string of the molecule is CCCNC1CCN(c2cc(C)n(C)n2)C(C)C1. The highest BCUT2D eigenvalue weighted by Crippen LogP contribution is 2.24. The predicted molar refractivity (Wildman–Crippen MR) is 76.1 cm³/mol. The van der Waals surface area contributed by atoms with Crippen molar-refractivity contribution in [3.8, 4) is 0 Å². The van der Waals surface area contributed by atoms with Gasteiger partial charge in [0.25, 0.3) is 0 Å². The van der Waals surface area contributed by atoms with Gasteiger partial charge in [0.15, 0.2) is 5.82 Å². The summed E-state index contributed by atoms with van der Waals surface area (Å²) < 4.78 is 1.96. The highest BCUT2D eigenvalue weighted by molar-refractivity contribution is 5.41. The summed E-state index contributed by atoms with van der Waals surface area (Å²) >= 11 is 0. The molecule has 0 radical (unpaired) electrons. The van der Waals surface area contributed by atoms with Gasteiger partial charge in [-0.3, -0.25) is 4.68 Å². The molecule has 0 aromatic carbocycles. The summed E-state index contributed by atoms with van der Waals surface area (Å²) in [7, 11) is 2.01. The molecule has 18 heavy (non-hydrogen) atoms. The van der Waals surface area contributed by atoms with Gasteiger partial charge in [-0.1, -0.05) is 6.92 Å². The zero-order valence-electron chi connectivity index (χ0n) is 12.1. The van der Waals surface area contributed by atoms with E-state index in [1.807, 2.05) is 11.7 Å². The van der Waals surface area contributed by atoms with Crippen LogP contribution in [0.1, 0.15) is 38.8 Å². The second-order valence-corrected chi connectivity index (χ2v) is 5.49. The van der Waals surface area contributed by atoms with Crippen molar-refractivity contribution >= 4 is 5.82 Å². The Morgan fingerprint density at radius 3 is 2.83 bits per heavy atom. The normalized spacial score (nSPS) is 24.6. The van der Waals surface area contributed by atoms with Gasteiger partial charge >= 0.3 is 0 Å². The molecular formula is C14H26N4. The topological polar surface area (TPSA) is 33.1 Å². The van der Waals surface area contributed by atoms with E-state index in [1.54, 1.807) is 0 Å². The van der Waals surface area contributed by atoms with Crippen molar-refractivity contribution < 1.29 is 0 Å². The minimum absolute atomic E-state index is 0.572. The molecule has 1 saturated heterocycles. The van der Waals surface area contributed by atoms with E-state index in [-0.39, 0.29) is 0 Å². The number of anilines is 1. The number of aryl methyl sites for hydroxylation is 2. The van der Waals surface area contributed by atoms with Gasteiger partial charge in [0.05, 0.1) is 0 Å². The zero-order chi connectivity index (χ0) is 13.1. The van der Waals surface area contributed by atoms with Crippen LogP contribution in [0.15, 0.2) is 6.07 Å². The molecule has 2 rings (SSSR count). The molecule has 0 saturated carbocycles. The number of rotatable bonds is 4. The maximum Gasteiger partial charge on any atom is 0.151 e. The number of hydrogen-bond donors (Lipinski definition) is 1. The molecule has 2 atom stereocenters. The highest BCUT2D eigenvalue weighted by atomic mass is 15.4. The molecule has 0 aliphatic carbocycles. The molecule has 1 aromatic heterocycles. The van der Waals surface area contributed by atoms with Crippen LogP contribution < -0.4 is 10.2 Å². The fraction of sp³-hybridized carbons (Fsp3) is 0.786. The van der Waals surface area contributed by atoms with Crippen LogP contribution in [0.4, 0.5) is 5.82 Å². The molecule has 102 valence electrons. The van der Waals surface area contributed by atoms with Crippen molar-refractivity contribution in [1.29, 1.82) is 0 Å². The van der Waals surface area contributed by atoms with Crippen LogP contribution in [0, 0.1) is 6.92 Å². The average molecular weight is 250 g/mol. The van der Waals surface area contributed by atoms with Crippen LogP contribution in [-0.4, -0.2) is 35.0 Å². The third kappa shape index (κ3) is 2.86. The van der Waals surface area contributed by atoms with Crippen molar-refractivity contribution in [3.63, 3.8) is 0 Å². The molecule has 1 aliphatic heterocycles. The molecule has 0 bridgehead atoms. The molecule has 0 spiro atoms. The molecule has 2 unspecified atom stereocenters.